The highest BCUT2D eigenvalue weighted by Gasteiger charge is 2.03. The number of nitrogens with one attached hydrogen (secondary N) is 2. The molecule has 18 heavy (non-hydrogen) atoms. The molecule has 0 aromatic carbocycles. The number of rotatable bonds is 11. The molecule has 0 spiro atoms. The van der Waals surface area contributed by atoms with E-state index in [1.807, 2.05) is 6.92 Å². The van der Waals surface area contributed by atoms with Crippen molar-refractivity contribution in [1.29, 1.82) is 0 Å². The summed E-state index contributed by atoms with van der Waals surface area (Å²) in [5, 5.41) is 7.31. The van der Waals surface area contributed by atoms with Crippen molar-refractivity contribution in [3.63, 3.8) is 0 Å². The van der Waals surface area contributed by atoms with E-state index < -0.39 is 0 Å². The van der Waals surface area contributed by atoms with E-state index in [1.54, 1.807) is 0 Å². The van der Waals surface area contributed by atoms with Gasteiger partial charge >= 0.3 is 0 Å². The largest absolute Gasteiger partial charge is 0.382 e. The number of hydrogen-bond acceptors (Lipinski definition) is 2. The van der Waals surface area contributed by atoms with E-state index >= 15 is 0 Å². The van der Waals surface area contributed by atoms with Gasteiger partial charge in [-0.2, -0.15) is 0 Å². The summed E-state index contributed by atoms with van der Waals surface area (Å²) in [6, 6.07) is 0.466. The van der Waals surface area contributed by atoms with Gasteiger partial charge in [0.2, 0.25) is 0 Å². The zero-order chi connectivity index (χ0) is 13.6. The SMILES string of the molecule is CCCCCCC(C)NC(=S)NCCCOCC. The molecule has 2 N–H and O–H groups in total. The molecule has 4 heteroatoms. The summed E-state index contributed by atoms with van der Waals surface area (Å²) in [4.78, 5) is 0. The van der Waals surface area contributed by atoms with Crippen LogP contribution in [0.4, 0.5) is 0 Å². The van der Waals surface area contributed by atoms with Crippen molar-refractivity contribution in [2.45, 2.75) is 65.3 Å². The molecule has 108 valence electrons. The molecule has 0 heterocycles. The molecule has 0 aromatic heterocycles. The van der Waals surface area contributed by atoms with Crippen molar-refractivity contribution in [1.82, 2.24) is 10.6 Å². The fraction of sp³-hybridized carbons (Fsp3) is 0.929. The summed E-state index contributed by atoms with van der Waals surface area (Å²) in [5.74, 6) is 0. The molecule has 1 unspecified atom stereocenters. The smallest absolute Gasteiger partial charge is 0.166 e. The summed E-state index contributed by atoms with van der Waals surface area (Å²) in [6.07, 6.45) is 7.45. The average Bonchev–Trinajstić information content (AvgIpc) is 2.34. The Bertz CT molecular complexity index is 200. The van der Waals surface area contributed by atoms with Gasteiger partial charge in [0.05, 0.1) is 0 Å². The highest BCUT2D eigenvalue weighted by molar-refractivity contribution is 7.80. The molecule has 0 bridgehead atoms. The lowest BCUT2D eigenvalue weighted by atomic mass is 10.1. The van der Waals surface area contributed by atoms with Crippen molar-refractivity contribution >= 4 is 17.3 Å². The van der Waals surface area contributed by atoms with Gasteiger partial charge in [-0.3, -0.25) is 0 Å². The third-order valence-electron chi connectivity index (χ3n) is 2.82. The minimum absolute atomic E-state index is 0.466. The Hall–Kier alpha value is -0.350. The van der Waals surface area contributed by atoms with E-state index in [-0.39, 0.29) is 0 Å². The van der Waals surface area contributed by atoms with Gasteiger partial charge in [-0.1, -0.05) is 32.6 Å². The zero-order valence-corrected chi connectivity index (χ0v) is 13.1. The minimum atomic E-state index is 0.466. The predicted octanol–water partition coefficient (Wildman–Crippen LogP) is 3.24. The predicted molar refractivity (Wildman–Crippen MR) is 83.1 cm³/mol. The third-order valence-corrected chi connectivity index (χ3v) is 3.09. The first kappa shape index (κ1) is 17.6. The first-order chi connectivity index (χ1) is 8.70. The summed E-state index contributed by atoms with van der Waals surface area (Å²) in [5.41, 5.74) is 0. The Kier molecular flexibility index (Phi) is 12.8. The Morgan fingerprint density at radius 1 is 1.17 bits per heavy atom. The average molecular weight is 274 g/mol. The first-order valence-electron chi connectivity index (χ1n) is 7.32. The van der Waals surface area contributed by atoms with Gasteiger partial charge in [-0.05, 0) is 38.9 Å². The molecular formula is C14H30N2OS. The van der Waals surface area contributed by atoms with Crippen LogP contribution in [0.25, 0.3) is 0 Å². The molecule has 0 aliphatic heterocycles. The number of hydrogen-bond donors (Lipinski definition) is 2. The summed E-state index contributed by atoms with van der Waals surface area (Å²) >= 11 is 5.25. The quantitative estimate of drug-likeness (QED) is 0.448. The van der Waals surface area contributed by atoms with Crippen LogP contribution in [-0.4, -0.2) is 30.9 Å². The lowest BCUT2D eigenvalue weighted by Gasteiger charge is -2.16. The van der Waals surface area contributed by atoms with E-state index in [0.29, 0.717) is 6.04 Å². The van der Waals surface area contributed by atoms with E-state index in [2.05, 4.69) is 24.5 Å². The molecular weight excluding hydrogens is 244 g/mol. The normalized spacial score (nSPS) is 12.2. The summed E-state index contributed by atoms with van der Waals surface area (Å²) in [6.45, 7) is 8.92. The molecule has 0 aromatic rings. The second kappa shape index (κ2) is 13.1. The van der Waals surface area contributed by atoms with Gasteiger partial charge in [0, 0.05) is 25.8 Å². The van der Waals surface area contributed by atoms with Crippen molar-refractivity contribution in [3.8, 4) is 0 Å². The molecule has 0 aliphatic rings. The molecule has 0 radical (unpaired) electrons. The van der Waals surface area contributed by atoms with Crippen molar-refractivity contribution < 1.29 is 4.74 Å². The highest BCUT2D eigenvalue weighted by atomic mass is 32.1. The minimum Gasteiger partial charge on any atom is -0.382 e. The fourth-order valence-corrected chi connectivity index (χ4v) is 2.05. The number of thiocarbonyl (C=S) groups is 1. The molecule has 0 amide bonds. The van der Waals surface area contributed by atoms with E-state index in [9.17, 15) is 0 Å². The molecule has 0 aliphatic carbocycles. The van der Waals surface area contributed by atoms with Crippen molar-refractivity contribution in [2.24, 2.45) is 0 Å². The number of unbranched alkanes of at least 4 members (excludes halogenated alkanes) is 3. The van der Waals surface area contributed by atoms with E-state index in [1.165, 1.54) is 32.1 Å². The number of ether oxygens (including phenoxy) is 1. The maximum absolute atomic E-state index is 5.27. The first-order valence-corrected chi connectivity index (χ1v) is 7.73. The van der Waals surface area contributed by atoms with Gasteiger partial charge < -0.3 is 15.4 Å². The highest BCUT2D eigenvalue weighted by Crippen LogP contribution is 2.04. The Balaban J connectivity index is 3.37. The topological polar surface area (TPSA) is 33.3 Å². The van der Waals surface area contributed by atoms with E-state index in [4.69, 9.17) is 17.0 Å². The van der Waals surface area contributed by atoms with Crippen LogP contribution in [0.2, 0.25) is 0 Å². The molecule has 0 saturated carbocycles. The van der Waals surface area contributed by atoms with Gasteiger partial charge in [0.15, 0.2) is 5.11 Å². The van der Waals surface area contributed by atoms with Crippen LogP contribution < -0.4 is 10.6 Å². The lowest BCUT2D eigenvalue weighted by molar-refractivity contribution is 0.145. The van der Waals surface area contributed by atoms with Crippen molar-refractivity contribution in [2.75, 3.05) is 19.8 Å². The molecule has 0 rings (SSSR count). The van der Waals surface area contributed by atoms with Crippen LogP contribution in [0.5, 0.6) is 0 Å². The van der Waals surface area contributed by atoms with Crippen LogP contribution >= 0.6 is 12.2 Å². The second-order valence-corrected chi connectivity index (χ2v) is 5.11. The molecule has 0 saturated heterocycles. The van der Waals surface area contributed by atoms with Gasteiger partial charge in [0.1, 0.15) is 0 Å². The lowest BCUT2D eigenvalue weighted by Crippen LogP contribution is -2.41. The maximum atomic E-state index is 5.27. The van der Waals surface area contributed by atoms with Crippen LogP contribution in [0.1, 0.15) is 59.3 Å². The summed E-state index contributed by atoms with van der Waals surface area (Å²) in [7, 11) is 0. The van der Waals surface area contributed by atoms with Crippen LogP contribution in [0.15, 0.2) is 0 Å². The Labute approximate surface area is 118 Å². The standard InChI is InChI=1S/C14H30N2OS/c1-4-6-7-8-10-13(3)16-14(18)15-11-9-12-17-5-2/h13H,4-12H2,1-3H3,(H2,15,16,18). The molecule has 0 fully saturated rings. The zero-order valence-electron chi connectivity index (χ0n) is 12.3. The Morgan fingerprint density at radius 3 is 2.61 bits per heavy atom. The fourth-order valence-electron chi connectivity index (χ4n) is 1.74. The van der Waals surface area contributed by atoms with Gasteiger partial charge in [0.25, 0.3) is 0 Å². The third kappa shape index (κ3) is 12.1. The molecule has 3 nitrogen and oxygen atoms in total. The van der Waals surface area contributed by atoms with E-state index in [0.717, 1.165) is 31.3 Å². The van der Waals surface area contributed by atoms with Crippen molar-refractivity contribution in [3.05, 3.63) is 0 Å². The molecule has 1 atom stereocenters. The van der Waals surface area contributed by atoms with Crippen LogP contribution in [0.3, 0.4) is 0 Å². The monoisotopic (exact) mass is 274 g/mol. The summed E-state index contributed by atoms with van der Waals surface area (Å²) < 4.78 is 5.27. The second-order valence-electron chi connectivity index (χ2n) is 4.70. The van der Waals surface area contributed by atoms with Gasteiger partial charge in [-0.25, -0.2) is 0 Å². The maximum Gasteiger partial charge on any atom is 0.166 e. The van der Waals surface area contributed by atoms with Crippen LogP contribution in [-0.2, 0) is 4.74 Å². The Morgan fingerprint density at radius 2 is 1.94 bits per heavy atom. The van der Waals surface area contributed by atoms with Gasteiger partial charge in [-0.15, -0.1) is 0 Å². The van der Waals surface area contributed by atoms with Crippen LogP contribution in [0, 0.1) is 0 Å².